The number of para-hydroxylation sites is 1. The Balaban J connectivity index is 2.50. The molecular weight excluding hydrogens is 190 g/mol. The van der Waals surface area contributed by atoms with Crippen molar-refractivity contribution in [2.45, 2.75) is 25.8 Å². The van der Waals surface area contributed by atoms with Crippen molar-refractivity contribution in [3.05, 3.63) is 43.0 Å². The molecule has 0 saturated heterocycles. The second-order valence-electron chi connectivity index (χ2n) is 3.18. The summed E-state index contributed by atoms with van der Waals surface area (Å²) < 4.78 is 5.55. The normalized spacial score (nSPS) is 14.3. The van der Waals surface area contributed by atoms with E-state index in [1.54, 1.807) is 6.08 Å². The quantitative estimate of drug-likeness (QED) is 0.553. The molecule has 0 fully saturated rings. The minimum Gasteiger partial charge on any atom is -0.472 e. The lowest BCUT2D eigenvalue weighted by molar-refractivity contribution is 0.0746. The van der Waals surface area contributed by atoms with Gasteiger partial charge in [-0.3, -0.25) is 5.32 Å². The monoisotopic (exact) mass is 207 g/mol. The van der Waals surface area contributed by atoms with E-state index in [0.717, 1.165) is 5.75 Å². The molecule has 2 unspecified atom stereocenters. The van der Waals surface area contributed by atoms with Gasteiger partial charge in [-0.1, -0.05) is 31.7 Å². The van der Waals surface area contributed by atoms with E-state index in [9.17, 15) is 5.11 Å². The maximum atomic E-state index is 9.40. The van der Waals surface area contributed by atoms with Gasteiger partial charge in [-0.25, -0.2) is 0 Å². The molecule has 0 bridgehead atoms. The third-order valence-corrected chi connectivity index (χ3v) is 1.96. The highest BCUT2D eigenvalue weighted by Gasteiger charge is 2.09. The van der Waals surface area contributed by atoms with E-state index in [1.807, 2.05) is 37.3 Å². The summed E-state index contributed by atoms with van der Waals surface area (Å²) in [6, 6.07) is 9.43. The molecule has 82 valence electrons. The first-order chi connectivity index (χ1) is 7.26. The van der Waals surface area contributed by atoms with E-state index in [-0.39, 0.29) is 6.23 Å². The Morgan fingerprint density at radius 3 is 2.67 bits per heavy atom. The van der Waals surface area contributed by atoms with Gasteiger partial charge in [-0.15, -0.1) is 0 Å². The number of hydrogen-bond acceptors (Lipinski definition) is 3. The molecule has 0 saturated carbocycles. The van der Waals surface area contributed by atoms with Gasteiger partial charge >= 0.3 is 0 Å². The highest BCUT2D eigenvalue weighted by atomic mass is 16.5. The third-order valence-electron chi connectivity index (χ3n) is 1.96. The lowest BCUT2D eigenvalue weighted by Crippen LogP contribution is -2.40. The Morgan fingerprint density at radius 1 is 1.47 bits per heavy atom. The van der Waals surface area contributed by atoms with E-state index in [2.05, 4.69) is 11.9 Å². The van der Waals surface area contributed by atoms with Gasteiger partial charge in [0.1, 0.15) is 12.0 Å². The Bertz CT molecular complexity index is 287. The van der Waals surface area contributed by atoms with E-state index in [4.69, 9.17) is 4.74 Å². The van der Waals surface area contributed by atoms with Crippen LogP contribution < -0.4 is 10.1 Å². The van der Waals surface area contributed by atoms with Crippen molar-refractivity contribution in [2.24, 2.45) is 0 Å². The van der Waals surface area contributed by atoms with Crippen LogP contribution in [0.1, 0.15) is 13.3 Å². The standard InChI is InChI=1S/C12H17NO2/c1-3-11(14)13-12(4-2)15-10-8-6-5-7-9-10/h4-9,11-14H,2-3H2,1H3. The second-order valence-corrected chi connectivity index (χ2v) is 3.18. The molecular formula is C12H17NO2. The number of benzene rings is 1. The summed E-state index contributed by atoms with van der Waals surface area (Å²) >= 11 is 0. The first-order valence-electron chi connectivity index (χ1n) is 5.04. The van der Waals surface area contributed by atoms with Crippen molar-refractivity contribution < 1.29 is 9.84 Å². The molecule has 2 atom stereocenters. The van der Waals surface area contributed by atoms with E-state index < -0.39 is 6.23 Å². The molecule has 3 heteroatoms. The predicted molar refractivity (Wildman–Crippen MR) is 60.5 cm³/mol. The average Bonchev–Trinajstić information content (AvgIpc) is 2.29. The van der Waals surface area contributed by atoms with Gasteiger partial charge in [0, 0.05) is 0 Å². The van der Waals surface area contributed by atoms with Crippen molar-refractivity contribution in [1.29, 1.82) is 0 Å². The van der Waals surface area contributed by atoms with Gasteiger partial charge in [-0.05, 0) is 24.6 Å². The molecule has 1 aromatic rings. The lowest BCUT2D eigenvalue weighted by atomic mass is 10.3. The van der Waals surface area contributed by atoms with Crippen LogP contribution in [-0.4, -0.2) is 17.6 Å². The number of aliphatic hydroxyl groups excluding tert-OH is 1. The van der Waals surface area contributed by atoms with Crippen LogP contribution in [0.5, 0.6) is 5.75 Å². The summed E-state index contributed by atoms with van der Waals surface area (Å²) in [5.74, 6) is 0.748. The minimum absolute atomic E-state index is 0.373. The average molecular weight is 207 g/mol. The molecule has 0 aromatic heterocycles. The van der Waals surface area contributed by atoms with Gasteiger partial charge in [0.05, 0.1) is 0 Å². The molecule has 0 aliphatic carbocycles. The maximum absolute atomic E-state index is 9.40. The van der Waals surface area contributed by atoms with Crippen LogP contribution >= 0.6 is 0 Å². The zero-order valence-electron chi connectivity index (χ0n) is 8.89. The van der Waals surface area contributed by atoms with Crippen LogP contribution in [0.4, 0.5) is 0 Å². The van der Waals surface area contributed by atoms with Gasteiger partial charge in [0.25, 0.3) is 0 Å². The van der Waals surface area contributed by atoms with Crippen molar-refractivity contribution in [3.63, 3.8) is 0 Å². The van der Waals surface area contributed by atoms with Crippen molar-refractivity contribution in [2.75, 3.05) is 0 Å². The van der Waals surface area contributed by atoms with Crippen LogP contribution in [0.15, 0.2) is 43.0 Å². The van der Waals surface area contributed by atoms with Gasteiger partial charge < -0.3 is 9.84 Å². The smallest absolute Gasteiger partial charge is 0.171 e. The molecule has 15 heavy (non-hydrogen) atoms. The fourth-order valence-electron chi connectivity index (χ4n) is 1.10. The topological polar surface area (TPSA) is 41.5 Å². The molecule has 0 aliphatic heterocycles. The molecule has 0 radical (unpaired) electrons. The van der Waals surface area contributed by atoms with E-state index in [0.29, 0.717) is 6.42 Å². The van der Waals surface area contributed by atoms with Gasteiger partial charge in [0.2, 0.25) is 0 Å². The zero-order chi connectivity index (χ0) is 11.1. The van der Waals surface area contributed by atoms with Crippen LogP contribution in [0.3, 0.4) is 0 Å². The third kappa shape index (κ3) is 4.14. The van der Waals surface area contributed by atoms with Crippen LogP contribution in [0.2, 0.25) is 0 Å². The summed E-state index contributed by atoms with van der Waals surface area (Å²) in [4.78, 5) is 0. The maximum Gasteiger partial charge on any atom is 0.171 e. The van der Waals surface area contributed by atoms with Crippen molar-refractivity contribution in [1.82, 2.24) is 5.32 Å². The Labute approximate surface area is 90.4 Å². The van der Waals surface area contributed by atoms with Gasteiger partial charge in [-0.2, -0.15) is 0 Å². The fraction of sp³-hybridized carbons (Fsp3) is 0.333. The van der Waals surface area contributed by atoms with Crippen LogP contribution in [0, 0.1) is 0 Å². The second kappa shape index (κ2) is 6.22. The Morgan fingerprint density at radius 2 is 2.13 bits per heavy atom. The van der Waals surface area contributed by atoms with Gasteiger partial charge in [0.15, 0.2) is 6.23 Å². The summed E-state index contributed by atoms with van der Waals surface area (Å²) in [6.07, 6.45) is 1.30. The van der Waals surface area contributed by atoms with Crippen LogP contribution in [-0.2, 0) is 0 Å². The van der Waals surface area contributed by atoms with Crippen molar-refractivity contribution in [3.8, 4) is 5.75 Å². The molecule has 1 rings (SSSR count). The predicted octanol–water partition coefficient (Wildman–Crippen LogP) is 1.90. The molecule has 0 aliphatic rings. The first kappa shape index (κ1) is 11.8. The largest absolute Gasteiger partial charge is 0.472 e. The molecule has 0 heterocycles. The number of rotatable bonds is 6. The molecule has 3 nitrogen and oxygen atoms in total. The fourth-order valence-corrected chi connectivity index (χ4v) is 1.10. The summed E-state index contributed by atoms with van der Waals surface area (Å²) in [6.45, 7) is 5.54. The summed E-state index contributed by atoms with van der Waals surface area (Å²) in [5, 5.41) is 12.3. The molecule has 0 amide bonds. The van der Waals surface area contributed by atoms with Crippen molar-refractivity contribution >= 4 is 0 Å². The number of nitrogens with one attached hydrogen (secondary N) is 1. The number of aliphatic hydroxyl groups is 1. The molecule has 0 spiro atoms. The summed E-state index contributed by atoms with van der Waals surface area (Å²) in [5.41, 5.74) is 0. The lowest BCUT2D eigenvalue weighted by Gasteiger charge is -2.19. The molecule has 2 N–H and O–H groups in total. The molecule has 1 aromatic carbocycles. The zero-order valence-corrected chi connectivity index (χ0v) is 8.89. The number of ether oxygens (including phenoxy) is 1. The summed E-state index contributed by atoms with van der Waals surface area (Å²) in [7, 11) is 0. The van der Waals surface area contributed by atoms with E-state index >= 15 is 0 Å². The number of hydrogen-bond donors (Lipinski definition) is 2. The van der Waals surface area contributed by atoms with E-state index in [1.165, 1.54) is 0 Å². The first-order valence-corrected chi connectivity index (χ1v) is 5.04. The Hall–Kier alpha value is -1.32. The highest BCUT2D eigenvalue weighted by Crippen LogP contribution is 2.10. The highest BCUT2D eigenvalue weighted by molar-refractivity contribution is 5.21. The van der Waals surface area contributed by atoms with Crippen LogP contribution in [0.25, 0.3) is 0 Å². The SMILES string of the molecule is C=CC(NC(O)CC)Oc1ccccc1. The minimum atomic E-state index is -0.572. The Kier molecular flexibility index (Phi) is 4.87.